The number of amides is 2. The molecular weight excluding hydrogens is 490 g/mol. The van der Waals surface area contributed by atoms with Gasteiger partial charge in [-0.25, -0.2) is 4.98 Å². The molecule has 0 radical (unpaired) electrons. The van der Waals surface area contributed by atoms with E-state index in [0.717, 1.165) is 59.1 Å². The van der Waals surface area contributed by atoms with E-state index in [4.69, 9.17) is 4.74 Å². The number of rotatable bonds is 8. The Hall–Kier alpha value is -3.05. The van der Waals surface area contributed by atoms with Gasteiger partial charge in [-0.3, -0.25) is 19.4 Å². The SMILES string of the molecule is CC(=O)N1CCc2cccc(NC(=O)CN3CCN(CC(O)COc4ccc5sc(C)nc5c4)CC3)c21. The van der Waals surface area contributed by atoms with E-state index >= 15 is 0 Å². The summed E-state index contributed by atoms with van der Waals surface area (Å²) >= 11 is 1.65. The number of carbonyl (C=O) groups is 2. The lowest BCUT2D eigenvalue weighted by molar-refractivity contribution is -0.118. The summed E-state index contributed by atoms with van der Waals surface area (Å²) in [5.74, 6) is 0.612. The maximum Gasteiger partial charge on any atom is 0.238 e. The first-order valence-corrected chi connectivity index (χ1v) is 13.5. The van der Waals surface area contributed by atoms with E-state index in [0.29, 0.717) is 31.1 Å². The van der Waals surface area contributed by atoms with Crippen LogP contribution in [0, 0.1) is 6.92 Å². The number of hydrogen-bond donors (Lipinski definition) is 2. The van der Waals surface area contributed by atoms with Gasteiger partial charge in [-0.15, -0.1) is 11.3 Å². The van der Waals surface area contributed by atoms with Crippen LogP contribution in [0.5, 0.6) is 5.75 Å². The third-order valence-corrected chi connectivity index (χ3v) is 7.81. The number of fused-ring (bicyclic) bond motifs is 2. The van der Waals surface area contributed by atoms with E-state index in [1.54, 1.807) is 23.2 Å². The molecule has 0 spiro atoms. The maximum atomic E-state index is 12.8. The number of benzene rings is 2. The lowest BCUT2D eigenvalue weighted by atomic mass is 10.1. The van der Waals surface area contributed by atoms with Crippen molar-refractivity contribution in [3.63, 3.8) is 0 Å². The van der Waals surface area contributed by atoms with Crippen LogP contribution in [0.4, 0.5) is 11.4 Å². The van der Waals surface area contributed by atoms with Crippen molar-refractivity contribution < 1.29 is 19.4 Å². The van der Waals surface area contributed by atoms with E-state index in [9.17, 15) is 14.7 Å². The maximum absolute atomic E-state index is 12.8. The normalized spacial score (nSPS) is 17.1. The highest BCUT2D eigenvalue weighted by Gasteiger charge is 2.26. The van der Waals surface area contributed by atoms with Crippen molar-refractivity contribution in [3.8, 4) is 5.75 Å². The number of aliphatic hydroxyl groups is 1. The first kappa shape index (κ1) is 25.6. The third kappa shape index (κ3) is 6.10. The number of hydrogen-bond acceptors (Lipinski definition) is 8. The van der Waals surface area contributed by atoms with Gasteiger partial charge in [0, 0.05) is 52.3 Å². The highest BCUT2D eigenvalue weighted by atomic mass is 32.1. The van der Waals surface area contributed by atoms with E-state index < -0.39 is 6.10 Å². The first-order chi connectivity index (χ1) is 17.9. The molecule has 0 saturated carbocycles. The molecule has 196 valence electrons. The summed E-state index contributed by atoms with van der Waals surface area (Å²) in [6.45, 7) is 8.25. The van der Waals surface area contributed by atoms with Gasteiger partial charge in [-0.05, 0) is 37.1 Å². The molecule has 1 aromatic heterocycles. The number of aliphatic hydroxyl groups excluding tert-OH is 1. The third-order valence-electron chi connectivity index (χ3n) is 6.86. The summed E-state index contributed by atoms with van der Waals surface area (Å²) in [6.07, 6.45) is 0.199. The van der Waals surface area contributed by atoms with Crippen molar-refractivity contribution in [1.82, 2.24) is 14.8 Å². The molecule has 10 heteroatoms. The smallest absolute Gasteiger partial charge is 0.238 e. The van der Waals surface area contributed by atoms with Crippen molar-refractivity contribution >= 4 is 44.7 Å². The molecule has 2 N–H and O–H groups in total. The van der Waals surface area contributed by atoms with Gasteiger partial charge >= 0.3 is 0 Å². The Morgan fingerprint density at radius 2 is 1.92 bits per heavy atom. The molecular formula is C27H33N5O4S. The van der Waals surface area contributed by atoms with Crippen molar-refractivity contribution in [2.75, 3.05) is 62.6 Å². The predicted molar refractivity (Wildman–Crippen MR) is 146 cm³/mol. The fraction of sp³-hybridized carbons (Fsp3) is 0.444. The Kier molecular flexibility index (Phi) is 7.71. The standard InChI is InChI=1S/C27H33N5O4S/c1-18-28-24-14-22(6-7-25(24)37-18)36-17-21(34)15-30-10-12-31(13-11-30)16-26(35)29-23-5-3-4-20-8-9-32(19(2)33)27(20)23/h3-7,14,21,34H,8-13,15-17H2,1-2H3,(H,29,35). The van der Waals surface area contributed by atoms with Crippen LogP contribution in [0.3, 0.4) is 0 Å². The van der Waals surface area contributed by atoms with Crippen molar-refractivity contribution in [3.05, 3.63) is 47.0 Å². The van der Waals surface area contributed by atoms with Gasteiger partial charge in [-0.1, -0.05) is 12.1 Å². The van der Waals surface area contributed by atoms with E-state index in [-0.39, 0.29) is 18.4 Å². The highest BCUT2D eigenvalue weighted by molar-refractivity contribution is 7.18. The highest BCUT2D eigenvalue weighted by Crippen LogP contribution is 2.35. The minimum absolute atomic E-state index is 0.0141. The number of anilines is 2. The summed E-state index contributed by atoms with van der Waals surface area (Å²) < 4.78 is 6.94. The summed E-state index contributed by atoms with van der Waals surface area (Å²) in [4.78, 5) is 35.3. The van der Waals surface area contributed by atoms with Crippen LogP contribution in [0.25, 0.3) is 10.2 Å². The molecule has 2 aliphatic heterocycles. The van der Waals surface area contributed by atoms with Crippen LogP contribution in [-0.4, -0.2) is 90.2 Å². The number of piperazine rings is 1. The number of ether oxygens (including phenoxy) is 1. The molecule has 1 atom stereocenters. The number of para-hydroxylation sites is 1. The van der Waals surface area contributed by atoms with E-state index in [1.165, 1.54) is 0 Å². The summed E-state index contributed by atoms with van der Waals surface area (Å²) in [5.41, 5.74) is 3.53. The van der Waals surface area contributed by atoms with Gasteiger partial charge in [0.05, 0.1) is 33.1 Å². The van der Waals surface area contributed by atoms with Crippen LogP contribution in [0.15, 0.2) is 36.4 Å². The summed E-state index contributed by atoms with van der Waals surface area (Å²) in [5, 5.41) is 14.5. The number of β-amino-alcohol motifs (C(OH)–C–C–N with tert-alkyl or cyclic N) is 1. The quantitative estimate of drug-likeness (QED) is 0.468. The number of carbonyl (C=O) groups excluding carboxylic acids is 2. The summed E-state index contributed by atoms with van der Waals surface area (Å²) in [6, 6.07) is 11.6. The predicted octanol–water partition coefficient (Wildman–Crippen LogP) is 2.51. The van der Waals surface area contributed by atoms with Crippen LogP contribution < -0.4 is 15.0 Å². The number of aromatic nitrogens is 1. The number of aryl methyl sites for hydroxylation is 1. The van der Waals surface area contributed by atoms with Crippen LogP contribution in [-0.2, 0) is 16.0 Å². The van der Waals surface area contributed by atoms with Crippen LogP contribution in [0.1, 0.15) is 17.5 Å². The Morgan fingerprint density at radius 3 is 2.70 bits per heavy atom. The van der Waals surface area contributed by atoms with Gasteiger partial charge in [0.25, 0.3) is 0 Å². The number of nitrogens with zero attached hydrogens (tertiary/aromatic N) is 4. The fourth-order valence-electron chi connectivity index (χ4n) is 5.05. The zero-order valence-corrected chi connectivity index (χ0v) is 22.1. The Bertz CT molecular complexity index is 1290. The van der Waals surface area contributed by atoms with Gasteiger partial charge in [-0.2, -0.15) is 0 Å². The molecule has 0 aliphatic carbocycles. The number of thiazole rings is 1. The number of nitrogens with one attached hydrogen (secondary N) is 1. The van der Waals surface area contributed by atoms with Gasteiger partial charge in [0.1, 0.15) is 18.5 Å². The van der Waals surface area contributed by atoms with Crippen molar-refractivity contribution in [2.24, 2.45) is 0 Å². The van der Waals surface area contributed by atoms with Crippen molar-refractivity contribution in [2.45, 2.75) is 26.4 Å². The van der Waals surface area contributed by atoms with Crippen LogP contribution >= 0.6 is 11.3 Å². The minimum Gasteiger partial charge on any atom is -0.491 e. The zero-order valence-electron chi connectivity index (χ0n) is 21.3. The van der Waals surface area contributed by atoms with Gasteiger partial charge < -0.3 is 20.1 Å². The zero-order chi connectivity index (χ0) is 25.9. The summed E-state index contributed by atoms with van der Waals surface area (Å²) in [7, 11) is 0. The molecule has 1 saturated heterocycles. The van der Waals surface area contributed by atoms with Crippen LogP contribution in [0.2, 0.25) is 0 Å². The van der Waals surface area contributed by atoms with E-state index in [1.807, 2.05) is 43.3 Å². The molecule has 3 aromatic rings. The largest absolute Gasteiger partial charge is 0.491 e. The molecule has 5 rings (SSSR count). The average molecular weight is 524 g/mol. The minimum atomic E-state index is -0.605. The first-order valence-electron chi connectivity index (χ1n) is 12.7. The second-order valence-electron chi connectivity index (χ2n) is 9.69. The molecule has 9 nitrogen and oxygen atoms in total. The average Bonchev–Trinajstić information content (AvgIpc) is 3.47. The Labute approximate surface area is 220 Å². The lowest BCUT2D eigenvalue weighted by Crippen LogP contribution is -2.50. The Morgan fingerprint density at radius 1 is 1.14 bits per heavy atom. The molecule has 2 amide bonds. The monoisotopic (exact) mass is 523 g/mol. The fourth-order valence-corrected chi connectivity index (χ4v) is 5.86. The molecule has 2 aromatic carbocycles. The van der Waals surface area contributed by atoms with Crippen molar-refractivity contribution in [1.29, 1.82) is 0 Å². The van der Waals surface area contributed by atoms with Gasteiger partial charge in [0.2, 0.25) is 11.8 Å². The topological polar surface area (TPSA) is 98.2 Å². The second-order valence-corrected chi connectivity index (χ2v) is 10.9. The second kappa shape index (κ2) is 11.1. The molecule has 1 unspecified atom stereocenters. The lowest BCUT2D eigenvalue weighted by Gasteiger charge is -2.35. The van der Waals surface area contributed by atoms with E-state index in [2.05, 4.69) is 20.1 Å². The molecule has 0 bridgehead atoms. The molecule has 2 aliphatic rings. The molecule has 3 heterocycles. The van der Waals surface area contributed by atoms with Gasteiger partial charge in [0.15, 0.2) is 0 Å². The molecule has 37 heavy (non-hydrogen) atoms. The Balaban J connectivity index is 1.05. The molecule has 1 fully saturated rings.